The summed E-state index contributed by atoms with van der Waals surface area (Å²) in [5, 5.41) is 2.77. The first-order chi connectivity index (χ1) is 8.36. The molecule has 0 aromatic carbocycles. The van der Waals surface area contributed by atoms with Gasteiger partial charge >= 0.3 is 12.3 Å². The van der Waals surface area contributed by atoms with Gasteiger partial charge in [0.2, 0.25) is 5.88 Å². The first-order valence-electron chi connectivity index (χ1n) is 5.12. The highest BCUT2D eigenvalue weighted by Crippen LogP contribution is 2.24. The lowest BCUT2D eigenvalue weighted by Gasteiger charge is -2.17. The monoisotopic (exact) mass is 267 g/mol. The number of rotatable bonds is 6. The first-order valence-corrected chi connectivity index (χ1v) is 5.12. The second-order valence-electron chi connectivity index (χ2n) is 3.63. The van der Waals surface area contributed by atoms with E-state index in [1.807, 2.05) is 0 Å². The molecule has 0 aliphatic carbocycles. The SMILES string of the molecule is CNCc1cnc(C)nc1OCC(F)(F)C(F)F. The number of halogens is 4. The molecule has 1 aromatic rings. The summed E-state index contributed by atoms with van der Waals surface area (Å²) in [5.41, 5.74) is 0.424. The standard InChI is InChI=1S/C10H13F4N3O/c1-6-16-4-7(3-15-2)8(17-6)18-5-10(13,14)9(11)12/h4,9,15H,3,5H2,1-2H3. The molecule has 0 bridgehead atoms. The van der Waals surface area contributed by atoms with E-state index in [1.54, 1.807) is 14.0 Å². The summed E-state index contributed by atoms with van der Waals surface area (Å²) < 4.78 is 54.0. The molecular weight excluding hydrogens is 254 g/mol. The van der Waals surface area contributed by atoms with Gasteiger partial charge in [-0.05, 0) is 14.0 Å². The maximum Gasteiger partial charge on any atom is 0.340 e. The minimum atomic E-state index is -4.20. The molecule has 1 aromatic heterocycles. The zero-order chi connectivity index (χ0) is 13.8. The van der Waals surface area contributed by atoms with Crippen LogP contribution >= 0.6 is 0 Å². The van der Waals surface area contributed by atoms with Gasteiger partial charge in [-0.1, -0.05) is 0 Å². The lowest BCUT2D eigenvalue weighted by Crippen LogP contribution is -2.34. The van der Waals surface area contributed by atoms with Gasteiger partial charge in [-0.15, -0.1) is 0 Å². The summed E-state index contributed by atoms with van der Waals surface area (Å²) in [7, 11) is 1.64. The van der Waals surface area contributed by atoms with Crippen LogP contribution < -0.4 is 10.1 Å². The van der Waals surface area contributed by atoms with Crippen LogP contribution in [0.1, 0.15) is 11.4 Å². The minimum Gasteiger partial charge on any atom is -0.471 e. The Bertz CT molecular complexity index is 401. The molecule has 0 amide bonds. The van der Waals surface area contributed by atoms with E-state index >= 15 is 0 Å². The lowest BCUT2D eigenvalue weighted by atomic mass is 10.3. The van der Waals surface area contributed by atoms with Gasteiger partial charge in [0.25, 0.3) is 0 Å². The Morgan fingerprint density at radius 1 is 1.44 bits per heavy atom. The van der Waals surface area contributed by atoms with Gasteiger partial charge in [-0.25, -0.2) is 13.8 Å². The van der Waals surface area contributed by atoms with Gasteiger partial charge in [0.15, 0.2) is 6.61 Å². The molecule has 0 atom stereocenters. The number of hydrogen-bond donors (Lipinski definition) is 1. The van der Waals surface area contributed by atoms with Crippen LogP contribution in [0.3, 0.4) is 0 Å². The summed E-state index contributed by atoms with van der Waals surface area (Å²) in [6, 6.07) is 0. The number of alkyl halides is 4. The Hall–Kier alpha value is -1.44. The molecule has 1 N–H and O–H groups in total. The largest absolute Gasteiger partial charge is 0.471 e. The molecule has 0 fully saturated rings. The first kappa shape index (κ1) is 14.6. The zero-order valence-corrected chi connectivity index (χ0v) is 9.88. The molecular formula is C10H13F4N3O. The normalized spacial score (nSPS) is 11.9. The average Bonchev–Trinajstić information content (AvgIpc) is 2.29. The van der Waals surface area contributed by atoms with Gasteiger partial charge in [-0.2, -0.15) is 13.8 Å². The highest BCUT2D eigenvalue weighted by molar-refractivity contribution is 5.23. The van der Waals surface area contributed by atoms with Crippen molar-refractivity contribution < 1.29 is 22.3 Å². The van der Waals surface area contributed by atoms with Crippen LogP contribution in [0.2, 0.25) is 0 Å². The van der Waals surface area contributed by atoms with Crippen molar-refractivity contribution in [2.45, 2.75) is 25.8 Å². The molecule has 18 heavy (non-hydrogen) atoms. The van der Waals surface area contributed by atoms with Gasteiger partial charge in [0.05, 0.1) is 0 Å². The van der Waals surface area contributed by atoms with Crippen molar-refractivity contribution in [1.82, 2.24) is 15.3 Å². The molecule has 1 rings (SSSR count). The summed E-state index contributed by atoms with van der Waals surface area (Å²) >= 11 is 0. The van der Waals surface area contributed by atoms with E-state index in [1.165, 1.54) is 6.20 Å². The van der Waals surface area contributed by atoms with Gasteiger partial charge in [0, 0.05) is 18.3 Å². The van der Waals surface area contributed by atoms with Crippen LogP contribution in [0.4, 0.5) is 17.6 Å². The minimum absolute atomic E-state index is 0.114. The van der Waals surface area contributed by atoms with E-state index in [-0.39, 0.29) is 12.4 Å². The second kappa shape index (κ2) is 5.94. The fourth-order valence-electron chi connectivity index (χ4n) is 1.14. The van der Waals surface area contributed by atoms with Crippen molar-refractivity contribution in [2.24, 2.45) is 0 Å². The van der Waals surface area contributed by atoms with Gasteiger partial charge in [-0.3, -0.25) is 0 Å². The van der Waals surface area contributed by atoms with Crippen LogP contribution in [0.25, 0.3) is 0 Å². The van der Waals surface area contributed by atoms with Crippen molar-refractivity contribution in [3.8, 4) is 5.88 Å². The predicted molar refractivity (Wildman–Crippen MR) is 56.0 cm³/mol. The van der Waals surface area contributed by atoms with Crippen LogP contribution in [-0.2, 0) is 6.54 Å². The molecule has 0 aliphatic heterocycles. The summed E-state index contributed by atoms with van der Waals surface area (Å²) in [6.45, 7) is 0.412. The van der Waals surface area contributed by atoms with E-state index in [9.17, 15) is 17.6 Å². The predicted octanol–water partition coefficient (Wildman–Crippen LogP) is 1.78. The van der Waals surface area contributed by atoms with Crippen molar-refractivity contribution in [2.75, 3.05) is 13.7 Å². The quantitative estimate of drug-likeness (QED) is 0.798. The molecule has 8 heteroatoms. The Morgan fingerprint density at radius 3 is 2.67 bits per heavy atom. The average molecular weight is 267 g/mol. The van der Waals surface area contributed by atoms with E-state index in [2.05, 4.69) is 20.0 Å². The molecule has 0 aliphatic rings. The van der Waals surface area contributed by atoms with E-state index < -0.39 is 19.0 Å². The third kappa shape index (κ3) is 3.80. The van der Waals surface area contributed by atoms with Crippen LogP contribution in [-0.4, -0.2) is 36.0 Å². The fraction of sp³-hybridized carbons (Fsp3) is 0.600. The smallest absolute Gasteiger partial charge is 0.340 e. The van der Waals surface area contributed by atoms with E-state index in [4.69, 9.17) is 0 Å². The second-order valence-corrected chi connectivity index (χ2v) is 3.63. The molecule has 1 heterocycles. The number of nitrogens with one attached hydrogen (secondary N) is 1. The van der Waals surface area contributed by atoms with E-state index in [0.717, 1.165) is 0 Å². The van der Waals surface area contributed by atoms with Crippen molar-refractivity contribution in [1.29, 1.82) is 0 Å². The van der Waals surface area contributed by atoms with Crippen molar-refractivity contribution in [3.63, 3.8) is 0 Å². The molecule has 0 saturated carbocycles. The maximum absolute atomic E-state index is 12.7. The fourth-order valence-corrected chi connectivity index (χ4v) is 1.14. The number of ether oxygens (including phenoxy) is 1. The third-order valence-corrected chi connectivity index (χ3v) is 2.03. The Balaban J connectivity index is 2.80. The zero-order valence-electron chi connectivity index (χ0n) is 9.88. The Morgan fingerprint density at radius 2 is 2.11 bits per heavy atom. The molecule has 4 nitrogen and oxygen atoms in total. The lowest BCUT2D eigenvalue weighted by molar-refractivity contribution is -0.148. The van der Waals surface area contributed by atoms with Gasteiger partial charge < -0.3 is 10.1 Å². The molecule has 0 spiro atoms. The van der Waals surface area contributed by atoms with Crippen molar-refractivity contribution in [3.05, 3.63) is 17.6 Å². The number of aromatic nitrogens is 2. The number of aryl methyl sites for hydroxylation is 1. The molecule has 0 radical (unpaired) electrons. The summed E-state index contributed by atoms with van der Waals surface area (Å²) in [6.07, 6.45) is -2.37. The van der Waals surface area contributed by atoms with Crippen LogP contribution in [0.15, 0.2) is 6.20 Å². The van der Waals surface area contributed by atoms with Crippen molar-refractivity contribution >= 4 is 0 Å². The number of hydrogen-bond acceptors (Lipinski definition) is 4. The van der Waals surface area contributed by atoms with Crippen LogP contribution in [0, 0.1) is 6.92 Å². The topological polar surface area (TPSA) is 47.0 Å². The summed E-state index contributed by atoms with van der Waals surface area (Å²) in [4.78, 5) is 7.67. The third-order valence-electron chi connectivity index (χ3n) is 2.03. The molecule has 102 valence electrons. The Labute approximate surface area is 101 Å². The molecule has 0 saturated heterocycles. The maximum atomic E-state index is 12.7. The van der Waals surface area contributed by atoms with Crippen LogP contribution in [0.5, 0.6) is 5.88 Å². The summed E-state index contributed by atoms with van der Waals surface area (Å²) in [5.74, 6) is -4.00. The number of nitrogens with zero attached hydrogens (tertiary/aromatic N) is 2. The molecule has 0 unspecified atom stereocenters. The Kier molecular flexibility index (Phi) is 4.83. The van der Waals surface area contributed by atoms with Gasteiger partial charge in [0.1, 0.15) is 5.82 Å². The highest BCUT2D eigenvalue weighted by atomic mass is 19.3. The highest BCUT2D eigenvalue weighted by Gasteiger charge is 2.42. The van der Waals surface area contributed by atoms with E-state index in [0.29, 0.717) is 11.4 Å².